The Kier molecular flexibility index (Phi) is 8.05. The number of aliphatic imine (C=N–C) groups is 3. The minimum Gasteiger partial charge on any atom is -0.373 e. The maximum atomic E-state index is 11.5. The molecule has 2 N–H and O–H groups in total. The molecule has 1 aromatic rings. The molecule has 9 nitrogen and oxygen atoms in total. The summed E-state index contributed by atoms with van der Waals surface area (Å²) >= 11 is 0. The smallest absolute Gasteiger partial charge is 0.200 e. The van der Waals surface area contributed by atoms with Gasteiger partial charge in [-0.05, 0) is 25.8 Å². The Morgan fingerprint density at radius 2 is 2.11 bits per heavy atom. The summed E-state index contributed by atoms with van der Waals surface area (Å²) in [5.74, 6) is 1.76. The quantitative estimate of drug-likeness (QED) is 0.441. The lowest BCUT2D eigenvalue weighted by Gasteiger charge is -2.53. The monoisotopic (exact) mass is 480 g/mol. The Morgan fingerprint density at radius 1 is 1.31 bits per heavy atom. The molecule has 1 saturated heterocycles. The molecule has 1 aromatic carbocycles. The molecule has 0 spiro atoms. The number of guanidine groups is 2. The first kappa shape index (κ1) is 25.2. The predicted molar refractivity (Wildman–Crippen MR) is 143 cm³/mol. The van der Waals surface area contributed by atoms with Gasteiger partial charge in [0.2, 0.25) is 5.96 Å². The van der Waals surface area contributed by atoms with Crippen LogP contribution in [0.4, 0.5) is 5.69 Å². The molecule has 0 bridgehead atoms. The maximum absolute atomic E-state index is 11.5. The van der Waals surface area contributed by atoms with E-state index >= 15 is 0 Å². The number of nitrogens with zero attached hydrogens (tertiary/aromatic N) is 7. The van der Waals surface area contributed by atoms with Crippen molar-refractivity contribution in [2.75, 3.05) is 46.8 Å². The van der Waals surface area contributed by atoms with Crippen LogP contribution in [0, 0.1) is 11.3 Å². The molecule has 0 aliphatic carbocycles. The number of aliphatic hydroxyl groups is 1. The van der Waals surface area contributed by atoms with Crippen LogP contribution in [0.15, 0.2) is 39.2 Å². The molecule has 0 amide bonds. The van der Waals surface area contributed by atoms with Crippen molar-refractivity contribution in [2.24, 2.45) is 20.9 Å². The van der Waals surface area contributed by atoms with Crippen molar-refractivity contribution < 1.29 is 5.11 Å². The van der Waals surface area contributed by atoms with Crippen LogP contribution in [-0.2, 0) is 0 Å². The topological polar surface area (TPSA) is 94.1 Å². The fourth-order valence-electron chi connectivity index (χ4n) is 5.23. The molecule has 3 aliphatic rings. The average Bonchev–Trinajstić information content (AvgIpc) is 2.86. The molecule has 9 heteroatoms. The van der Waals surface area contributed by atoms with E-state index in [9.17, 15) is 5.11 Å². The van der Waals surface area contributed by atoms with Crippen LogP contribution in [0.2, 0.25) is 0 Å². The fourth-order valence-corrected chi connectivity index (χ4v) is 5.23. The molecule has 190 valence electrons. The van der Waals surface area contributed by atoms with Gasteiger partial charge >= 0.3 is 0 Å². The van der Waals surface area contributed by atoms with Crippen LogP contribution in [0.25, 0.3) is 0 Å². The van der Waals surface area contributed by atoms with E-state index in [1.807, 2.05) is 35.4 Å². The van der Waals surface area contributed by atoms with Crippen LogP contribution in [0.5, 0.6) is 0 Å². The van der Waals surface area contributed by atoms with Gasteiger partial charge in [-0.1, -0.05) is 38.0 Å². The van der Waals surface area contributed by atoms with E-state index in [-0.39, 0.29) is 12.1 Å². The lowest BCUT2D eigenvalue weighted by molar-refractivity contribution is -0.0654. The van der Waals surface area contributed by atoms with Crippen LogP contribution in [0.1, 0.15) is 45.1 Å². The number of nitrogens with one attached hydrogen (secondary N) is 1. The van der Waals surface area contributed by atoms with Crippen molar-refractivity contribution in [3.63, 3.8) is 0 Å². The first-order chi connectivity index (χ1) is 16.9. The molecule has 3 heterocycles. The van der Waals surface area contributed by atoms with Crippen molar-refractivity contribution >= 4 is 29.5 Å². The highest BCUT2D eigenvalue weighted by Gasteiger charge is 2.48. The van der Waals surface area contributed by atoms with E-state index in [4.69, 9.17) is 15.4 Å². The summed E-state index contributed by atoms with van der Waals surface area (Å²) in [4.78, 5) is 23.3. The third-order valence-electron chi connectivity index (χ3n) is 7.06. The average molecular weight is 481 g/mol. The molecule has 3 aliphatic heterocycles. The molecule has 3 unspecified atom stereocenters. The Labute approximate surface area is 209 Å². The van der Waals surface area contributed by atoms with Crippen LogP contribution >= 0.6 is 0 Å². The van der Waals surface area contributed by atoms with E-state index < -0.39 is 6.23 Å². The third kappa shape index (κ3) is 5.34. The number of unbranched alkanes of at least 4 members (excludes halogenated alkanes) is 2. The van der Waals surface area contributed by atoms with E-state index in [0.29, 0.717) is 12.3 Å². The zero-order chi connectivity index (χ0) is 24.9. The largest absolute Gasteiger partial charge is 0.373 e. The molecule has 35 heavy (non-hydrogen) atoms. The van der Waals surface area contributed by atoms with Gasteiger partial charge in [0.15, 0.2) is 5.96 Å². The van der Waals surface area contributed by atoms with Gasteiger partial charge < -0.3 is 30.1 Å². The molecule has 1 fully saturated rings. The standard InChI is InChI=1S/C26H40N8O/c1-5-6-9-15-31(3)26-30-23-21(18-32(26)4)24(35)34(25-29-13-10-16-33(23)25)17-14-28-22-12-8-7-11-20(22)19(2)27/h7-8,11-12,14,21,23-24,27,35H,5-6,9-10,13,15-18H2,1-4H3. The van der Waals surface area contributed by atoms with E-state index in [2.05, 4.69) is 40.7 Å². The normalized spacial score (nSPS) is 24.1. The van der Waals surface area contributed by atoms with Gasteiger partial charge in [-0.3, -0.25) is 9.98 Å². The number of hydrogen-bond donors (Lipinski definition) is 2. The highest BCUT2D eigenvalue weighted by atomic mass is 16.3. The molecule has 0 aromatic heterocycles. The SMILES string of the molecule is CCCCCN(C)C1=NC2C(CN1C)C(O)N(CC=Nc1ccccc1C(C)=N)C1=NCCCN12. The molecule has 0 radical (unpaired) electrons. The highest BCUT2D eigenvalue weighted by Crippen LogP contribution is 2.32. The molecule has 0 saturated carbocycles. The summed E-state index contributed by atoms with van der Waals surface area (Å²) in [6.45, 7) is 7.80. The number of para-hydroxylation sites is 1. The number of hydrogen-bond acceptors (Lipinski definition) is 9. The summed E-state index contributed by atoms with van der Waals surface area (Å²) in [6.07, 6.45) is 5.58. The van der Waals surface area contributed by atoms with Gasteiger partial charge in [0.25, 0.3) is 0 Å². The van der Waals surface area contributed by atoms with Crippen molar-refractivity contribution in [3.05, 3.63) is 29.8 Å². The summed E-state index contributed by atoms with van der Waals surface area (Å²) in [5, 5.41) is 19.5. The second-order valence-electron chi connectivity index (χ2n) is 9.76. The summed E-state index contributed by atoms with van der Waals surface area (Å²) in [6, 6.07) is 7.68. The number of benzene rings is 1. The van der Waals surface area contributed by atoms with Gasteiger partial charge in [0.1, 0.15) is 12.4 Å². The minimum absolute atomic E-state index is 0.0469. The molecule has 3 atom stereocenters. The van der Waals surface area contributed by atoms with Crippen LogP contribution in [0.3, 0.4) is 0 Å². The van der Waals surface area contributed by atoms with E-state index in [1.165, 1.54) is 12.8 Å². The third-order valence-corrected chi connectivity index (χ3v) is 7.06. The van der Waals surface area contributed by atoms with Gasteiger partial charge in [0, 0.05) is 57.8 Å². The van der Waals surface area contributed by atoms with Crippen LogP contribution in [-0.4, -0.2) is 108 Å². The Hall–Kier alpha value is -2.94. The first-order valence-electron chi connectivity index (χ1n) is 12.8. The molecular formula is C26H40N8O. The van der Waals surface area contributed by atoms with Crippen molar-refractivity contribution in [1.82, 2.24) is 19.6 Å². The lowest BCUT2D eigenvalue weighted by Crippen LogP contribution is -2.69. The number of fused-ring (bicyclic) bond motifs is 3. The maximum Gasteiger partial charge on any atom is 0.200 e. The van der Waals surface area contributed by atoms with E-state index in [1.54, 1.807) is 6.92 Å². The minimum atomic E-state index is -0.697. The van der Waals surface area contributed by atoms with Crippen molar-refractivity contribution in [2.45, 2.75) is 51.9 Å². The summed E-state index contributed by atoms with van der Waals surface area (Å²) in [5.41, 5.74) is 2.07. The van der Waals surface area contributed by atoms with Crippen LogP contribution < -0.4 is 0 Å². The Bertz CT molecular complexity index is 989. The summed E-state index contributed by atoms with van der Waals surface area (Å²) < 4.78 is 0. The van der Waals surface area contributed by atoms with Gasteiger partial charge in [0.05, 0.1) is 18.2 Å². The number of aliphatic hydroxyl groups excluding tert-OH is 1. The predicted octanol–water partition coefficient (Wildman–Crippen LogP) is 2.84. The van der Waals surface area contributed by atoms with Crippen molar-refractivity contribution in [3.8, 4) is 0 Å². The summed E-state index contributed by atoms with van der Waals surface area (Å²) in [7, 11) is 4.19. The fraction of sp³-hybridized carbons (Fsp3) is 0.615. The zero-order valence-corrected chi connectivity index (χ0v) is 21.6. The molecular weight excluding hydrogens is 440 g/mol. The Balaban J connectivity index is 1.55. The number of rotatable bonds is 8. The van der Waals surface area contributed by atoms with E-state index in [0.717, 1.165) is 62.2 Å². The Morgan fingerprint density at radius 3 is 2.89 bits per heavy atom. The molecule has 4 rings (SSSR count). The van der Waals surface area contributed by atoms with Gasteiger partial charge in [-0.25, -0.2) is 4.99 Å². The lowest BCUT2D eigenvalue weighted by atomic mass is 9.96. The second-order valence-corrected chi connectivity index (χ2v) is 9.76. The zero-order valence-electron chi connectivity index (χ0n) is 21.6. The van der Waals surface area contributed by atoms with Crippen molar-refractivity contribution in [1.29, 1.82) is 5.41 Å². The van der Waals surface area contributed by atoms with Gasteiger partial charge in [-0.15, -0.1) is 0 Å². The second kappa shape index (κ2) is 11.2. The van der Waals surface area contributed by atoms with Gasteiger partial charge in [-0.2, -0.15) is 0 Å². The first-order valence-corrected chi connectivity index (χ1v) is 12.8. The highest BCUT2D eigenvalue weighted by molar-refractivity contribution is 6.01.